The van der Waals surface area contributed by atoms with E-state index in [1.165, 1.54) is 6.07 Å². The van der Waals surface area contributed by atoms with Gasteiger partial charge in [-0.3, -0.25) is 4.90 Å². The Morgan fingerprint density at radius 2 is 1.83 bits per heavy atom. The average molecular weight is 503 g/mol. The second-order valence-corrected chi connectivity index (χ2v) is 11.1. The third-order valence-electron chi connectivity index (χ3n) is 6.62. The summed E-state index contributed by atoms with van der Waals surface area (Å²) in [6.07, 6.45) is 5.00. The molecule has 3 N–H and O–H groups in total. The molecule has 2 aliphatic heterocycles. The van der Waals surface area contributed by atoms with Crippen LogP contribution in [0.25, 0.3) is 0 Å². The number of carbonyl (C=O) groups excluding carboxylic acids is 1. The highest BCUT2D eigenvalue weighted by atomic mass is 19.1. The van der Waals surface area contributed by atoms with E-state index >= 15 is 0 Å². The third kappa shape index (κ3) is 6.88. The molecule has 0 amide bonds. The van der Waals surface area contributed by atoms with Gasteiger partial charge >= 0.3 is 0 Å². The summed E-state index contributed by atoms with van der Waals surface area (Å²) in [6.45, 7) is 10.4. The number of ether oxygens (including phenoxy) is 1. The highest BCUT2D eigenvalue weighted by Crippen LogP contribution is 2.31. The minimum Gasteiger partial charge on any atom is -0.487 e. The molecule has 10 heteroatoms. The Morgan fingerprint density at radius 1 is 1.14 bits per heavy atom. The van der Waals surface area contributed by atoms with Gasteiger partial charge in [-0.25, -0.2) is 13.8 Å². The molecule has 8 nitrogen and oxygen atoms in total. The Labute approximate surface area is 211 Å². The van der Waals surface area contributed by atoms with Gasteiger partial charge in [-0.05, 0) is 65.5 Å². The van der Waals surface area contributed by atoms with Crippen LogP contribution in [-0.4, -0.2) is 64.0 Å². The van der Waals surface area contributed by atoms with E-state index in [1.807, 2.05) is 0 Å². The lowest BCUT2D eigenvalue weighted by Gasteiger charge is -2.46. The quantitative estimate of drug-likeness (QED) is 0.462. The zero-order valence-corrected chi connectivity index (χ0v) is 21.4. The lowest BCUT2D eigenvalue weighted by atomic mass is 9.79. The molecule has 2 saturated heterocycles. The maximum atomic E-state index is 14.8. The molecule has 0 atom stereocenters. The zero-order valence-electron chi connectivity index (χ0n) is 21.4. The maximum Gasteiger partial charge on any atom is 0.229 e. The molecule has 2 aromatic rings. The molecule has 0 unspecified atom stereocenters. The number of aromatic nitrogens is 2. The molecular weight excluding hydrogens is 466 g/mol. The predicted molar refractivity (Wildman–Crippen MR) is 136 cm³/mol. The summed E-state index contributed by atoms with van der Waals surface area (Å²) in [7, 11) is 0. The van der Waals surface area contributed by atoms with Crippen molar-refractivity contribution in [3.63, 3.8) is 0 Å². The van der Waals surface area contributed by atoms with Crippen LogP contribution in [0.4, 0.5) is 26.2 Å². The fraction of sp³-hybridized carbons (Fsp3) is 0.577. The summed E-state index contributed by atoms with van der Waals surface area (Å²) in [5, 5.41) is 9.81. The number of hydrogen-bond acceptors (Lipinski definition) is 8. The molecule has 2 aliphatic rings. The molecule has 4 rings (SSSR count). The average Bonchev–Trinajstić information content (AvgIpc) is 2.77. The molecule has 0 spiro atoms. The minimum absolute atomic E-state index is 0.0349. The predicted octanol–water partition coefficient (Wildman–Crippen LogP) is 4.26. The second-order valence-electron chi connectivity index (χ2n) is 11.1. The summed E-state index contributed by atoms with van der Waals surface area (Å²) >= 11 is 0. The van der Waals surface area contributed by atoms with Gasteiger partial charge in [-0.2, -0.15) is 4.98 Å². The van der Waals surface area contributed by atoms with Gasteiger partial charge < -0.3 is 25.5 Å². The monoisotopic (exact) mass is 502 g/mol. The van der Waals surface area contributed by atoms with Gasteiger partial charge in [0.1, 0.15) is 12.4 Å². The van der Waals surface area contributed by atoms with Crippen LogP contribution in [-0.2, 0) is 4.79 Å². The maximum absolute atomic E-state index is 14.8. The number of nitrogens with zero attached hydrogens (tertiary/aromatic N) is 3. The molecule has 1 aromatic heterocycles. The van der Waals surface area contributed by atoms with Crippen molar-refractivity contribution < 1.29 is 18.3 Å². The van der Waals surface area contributed by atoms with Crippen LogP contribution in [0.1, 0.15) is 53.4 Å². The number of likely N-dealkylation sites (tertiary alicyclic amines) is 1. The van der Waals surface area contributed by atoms with E-state index in [2.05, 4.69) is 58.5 Å². The van der Waals surface area contributed by atoms with Crippen molar-refractivity contribution >= 4 is 23.7 Å². The molecule has 0 radical (unpaired) electrons. The summed E-state index contributed by atoms with van der Waals surface area (Å²) in [5.74, 6) is -0.582. The van der Waals surface area contributed by atoms with Gasteiger partial charge in [0.15, 0.2) is 23.2 Å². The van der Waals surface area contributed by atoms with Crippen LogP contribution in [0, 0.1) is 11.6 Å². The Morgan fingerprint density at radius 3 is 2.47 bits per heavy atom. The number of piperidine rings is 2. The van der Waals surface area contributed by atoms with Gasteiger partial charge in [0, 0.05) is 42.0 Å². The van der Waals surface area contributed by atoms with E-state index in [-0.39, 0.29) is 40.7 Å². The van der Waals surface area contributed by atoms with Crippen molar-refractivity contribution in [1.29, 1.82) is 0 Å². The van der Waals surface area contributed by atoms with Gasteiger partial charge in [0.25, 0.3) is 0 Å². The number of benzene rings is 1. The van der Waals surface area contributed by atoms with Crippen molar-refractivity contribution in [2.24, 2.45) is 0 Å². The first-order valence-corrected chi connectivity index (χ1v) is 12.5. The largest absolute Gasteiger partial charge is 0.487 e. The fourth-order valence-electron chi connectivity index (χ4n) is 5.44. The van der Waals surface area contributed by atoms with Crippen molar-refractivity contribution in [3.8, 4) is 5.75 Å². The number of carbonyl (C=O) groups is 1. The van der Waals surface area contributed by atoms with Crippen molar-refractivity contribution in [2.75, 3.05) is 30.3 Å². The molecule has 196 valence electrons. The number of hydrogen-bond donors (Lipinski definition) is 3. The molecule has 3 heterocycles. The smallest absolute Gasteiger partial charge is 0.229 e. The first-order chi connectivity index (χ1) is 17.0. The Bertz CT molecular complexity index is 1060. The normalized spacial score (nSPS) is 20.6. The highest BCUT2D eigenvalue weighted by molar-refractivity contribution is 5.56. The summed E-state index contributed by atoms with van der Waals surface area (Å²) < 4.78 is 35.1. The summed E-state index contributed by atoms with van der Waals surface area (Å²) in [5.41, 5.74) is 0.234. The van der Waals surface area contributed by atoms with Crippen LogP contribution in [0.2, 0.25) is 0 Å². The number of anilines is 3. The van der Waals surface area contributed by atoms with E-state index in [0.29, 0.717) is 12.2 Å². The Kier molecular flexibility index (Phi) is 7.75. The van der Waals surface area contributed by atoms with Crippen LogP contribution in [0.15, 0.2) is 24.4 Å². The molecule has 0 saturated carbocycles. The number of aldehydes is 1. The molecular formula is C26H36F2N6O2. The molecule has 1 aromatic carbocycles. The molecule has 0 aliphatic carbocycles. The summed E-state index contributed by atoms with van der Waals surface area (Å²) in [6, 6.07) is 4.59. The number of nitrogens with one attached hydrogen (secondary N) is 3. The van der Waals surface area contributed by atoms with E-state index in [4.69, 9.17) is 4.74 Å². The van der Waals surface area contributed by atoms with Gasteiger partial charge in [-0.1, -0.05) is 0 Å². The topological polar surface area (TPSA) is 91.4 Å². The number of rotatable bonds is 8. The van der Waals surface area contributed by atoms with Gasteiger partial charge in [0.05, 0.1) is 12.7 Å². The molecule has 2 fully saturated rings. The Balaban J connectivity index is 1.39. The highest BCUT2D eigenvalue weighted by Gasteiger charge is 2.38. The molecule has 36 heavy (non-hydrogen) atoms. The lowest BCUT2D eigenvalue weighted by molar-refractivity contribution is -0.109. The Hall–Kier alpha value is -2.85. The van der Waals surface area contributed by atoms with E-state index in [1.54, 1.807) is 12.1 Å². The fourth-order valence-corrected chi connectivity index (χ4v) is 5.44. The van der Waals surface area contributed by atoms with Crippen LogP contribution in [0.3, 0.4) is 0 Å². The SMILES string of the molecule is CC1(C)CC(Nc2nc(Nc3ccc(OC4CCN(CC=O)CC4)c(F)c3)ncc2F)CC(C)(C)N1. The minimum atomic E-state index is -0.538. The van der Waals surface area contributed by atoms with Crippen molar-refractivity contribution in [3.05, 3.63) is 36.0 Å². The van der Waals surface area contributed by atoms with Gasteiger partial charge in [-0.15, -0.1) is 0 Å². The first kappa shape index (κ1) is 26.2. The van der Waals surface area contributed by atoms with E-state index < -0.39 is 11.6 Å². The molecule has 0 bridgehead atoms. The zero-order chi connectivity index (χ0) is 25.9. The summed E-state index contributed by atoms with van der Waals surface area (Å²) in [4.78, 5) is 21.0. The van der Waals surface area contributed by atoms with Crippen LogP contribution >= 0.6 is 0 Å². The van der Waals surface area contributed by atoms with Crippen molar-refractivity contribution in [2.45, 2.75) is 76.6 Å². The van der Waals surface area contributed by atoms with Gasteiger partial charge in [0.2, 0.25) is 5.95 Å². The van der Waals surface area contributed by atoms with Crippen molar-refractivity contribution in [1.82, 2.24) is 20.2 Å². The second kappa shape index (κ2) is 10.6. The number of halogens is 2. The van der Waals surface area contributed by atoms with E-state index in [9.17, 15) is 13.6 Å². The van der Waals surface area contributed by atoms with Crippen LogP contribution < -0.4 is 20.7 Å². The lowest BCUT2D eigenvalue weighted by Crippen LogP contribution is -2.60. The third-order valence-corrected chi connectivity index (χ3v) is 6.62. The first-order valence-electron chi connectivity index (χ1n) is 12.5. The standard InChI is InChI=1S/C26H36F2N6O2/c1-25(2)14-18(15-26(3,4)33-25)30-23-21(28)16-29-24(32-23)31-17-5-6-22(20(27)13-17)36-19-7-9-34(10-8-19)11-12-35/h5-6,12-13,16,18-19,33H,7-11,14-15H2,1-4H3,(H2,29,30,31,32). The van der Waals surface area contributed by atoms with Crippen LogP contribution in [0.5, 0.6) is 5.75 Å². The van der Waals surface area contributed by atoms with E-state index in [0.717, 1.165) is 51.3 Å².